The van der Waals surface area contributed by atoms with Crippen molar-refractivity contribution in [3.05, 3.63) is 36.8 Å². The highest BCUT2D eigenvalue weighted by Crippen LogP contribution is 2.23. The minimum absolute atomic E-state index is 0.0159. The number of aliphatic hydroxyl groups is 1. The minimum Gasteiger partial charge on any atom is -0.497 e. The monoisotopic (exact) mass is 285 g/mol. The molecule has 3 rings (SSSR count). The lowest BCUT2D eigenvalue weighted by molar-refractivity contribution is 0.271. The van der Waals surface area contributed by atoms with Crippen LogP contribution < -0.4 is 10.1 Å². The number of methoxy groups -OCH3 is 1. The molecule has 0 atom stereocenters. The summed E-state index contributed by atoms with van der Waals surface area (Å²) in [7, 11) is 1.63. The number of fused-ring (bicyclic) bond motifs is 1. The summed E-state index contributed by atoms with van der Waals surface area (Å²) in [6, 6.07) is 7.56. The average Bonchev–Trinajstić information content (AvgIpc) is 2.93. The number of aliphatic hydroxyl groups excluding tert-OH is 1. The Labute approximate surface area is 121 Å². The summed E-state index contributed by atoms with van der Waals surface area (Å²) in [4.78, 5) is 8.46. The third kappa shape index (κ3) is 2.63. The number of rotatable bonds is 5. The van der Waals surface area contributed by atoms with E-state index in [0.717, 1.165) is 16.8 Å². The van der Waals surface area contributed by atoms with E-state index in [4.69, 9.17) is 9.84 Å². The third-order valence-electron chi connectivity index (χ3n) is 3.10. The summed E-state index contributed by atoms with van der Waals surface area (Å²) < 4.78 is 6.78. The lowest BCUT2D eigenvalue weighted by atomic mass is 10.3. The lowest BCUT2D eigenvalue weighted by Gasteiger charge is -2.07. The predicted octanol–water partition coefficient (Wildman–Crippen LogP) is 1.57. The molecule has 0 aliphatic carbocycles. The molecule has 7 heteroatoms. The standard InChI is InChI=1S/C14H15N5O2/c1-21-11-4-2-10(3-5-11)18-13-12-8-17-19(6-7-20)14(12)16-9-15-13/h2-5,8-9,20H,6-7H2,1H3,(H,15,16,18). The van der Waals surface area contributed by atoms with Crippen molar-refractivity contribution in [3.63, 3.8) is 0 Å². The van der Waals surface area contributed by atoms with Crippen LogP contribution in [0.25, 0.3) is 11.0 Å². The number of ether oxygens (including phenoxy) is 1. The van der Waals surface area contributed by atoms with Crippen LogP contribution in [0.4, 0.5) is 11.5 Å². The normalized spacial score (nSPS) is 10.8. The van der Waals surface area contributed by atoms with Crippen molar-refractivity contribution in [1.82, 2.24) is 19.7 Å². The molecular formula is C14H15N5O2. The van der Waals surface area contributed by atoms with E-state index in [2.05, 4.69) is 20.4 Å². The molecule has 0 saturated carbocycles. The second kappa shape index (κ2) is 5.76. The van der Waals surface area contributed by atoms with Crippen molar-refractivity contribution in [2.75, 3.05) is 19.0 Å². The van der Waals surface area contributed by atoms with Crippen molar-refractivity contribution >= 4 is 22.5 Å². The zero-order chi connectivity index (χ0) is 14.7. The molecule has 21 heavy (non-hydrogen) atoms. The largest absolute Gasteiger partial charge is 0.497 e. The molecule has 2 heterocycles. The van der Waals surface area contributed by atoms with Crippen LogP contribution in [-0.2, 0) is 6.54 Å². The Balaban J connectivity index is 1.92. The maximum absolute atomic E-state index is 9.02. The molecule has 0 spiro atoms. The van der Waals surface area contributed by atoms with Crippen LogP contribution in [-0.4, -0.2) is 38.6 Å². The second-order valence-electron chi connectivity index (χ2n) is 4.40. The Morgan fingerprint density at radius 1 is 1.24 bits per heavy atom. The highest BCUT2D eigenvalue weighted by atomic mass is 16.5. The fourth-order valence-electron chi connectivity index (χ4n) is 2.06. The maximum atomic E-state index is 9.02. The highest BCUT2D eigenvalue weighted by Gasteiger charge is 2.09. The summed E-state index contributed by atoms with van der Waals surface area (Å²) in [5.41, 5.74) is 1.58. The quantitative estimate of drug-likeness (QED) is 0.740. The smallest absolute Gasteiger partial charge is 0.163 e. The molecule has 0 fully saturated rings. The number of hydrogen-bond acceptors (Lipinski definition) is 6. The molecule has 108 valence electrons. The molecule has 3 aromatic rings. The van der Waals surface area contributed by atoms with Crippen molar-refractivity contribution in [2.24, 2.45) is 0 Å². The van der Waals surface area contributed by atoms with Gasteiger partial charge >= 0.3 is 0 Å². The molecule has 2 N–H and O–H groups in total. The van der Waals surface area contributed by atoms with E-state index in [1.807, 2.05) is 24.3 Å². The number of benzene rings is 1. The predicted molar refractivity (Wildman–Crippen MR) is 78.7 cm³/mol. The molecule has 2 aromatic heterocycles. The number of nitrogens with zero attached hydrogens (tertiary/aromatic N) is 4. The topological polar surface area (TPSA) is 85.1 Å². The van der Waals surface area contributed by atoms with Crippen LogP contribution in [0.3, 0.4) is 0 Å². The van der Waals surface area contributed by atoms with Gasteiger partial charge in [0, 0.05) is 5.69 Å². The summed E-state index contributed by atoms with van der Waals surface area (Å²) in [5, 5.41) is 17.3. The number of nitrogens with one attached hydrogen (secondary N) is 1. The molecule has 0 saturated heterocycles. The SMILES string of the molecule is COc1ccc(Nc2ncnc3c2cnn3CCO)cc1. The summed E-state index contributed by atoms with van der Waals surface area (Å²) in [5.74, 6) is 1.47. The number of aromatic nitrogens is 4. The van der Waals surface area contributed by atoms with E-state index in [0.29, 0.717) is 18.0 Å². The third-order valence-corrected chi connectivity index (χ3v) is 3.10. The minimum atomic E-state index is 0.0159. The van der Waals surface area contributed by atoms with E-state index >= 15 is 0 Å². The van der Waals surface area contributed by atoms with Crippen molar-refractivity contribution in [1.29, 1.82) is 0 Å². The zero-order valence-electron chi connectivity index (χ0n) is 11.5. The van der Waals surface area contributed by atoms with Crippen molar-refractivity contribution in [3.8, 4) is 5.75 Å². The van der Waals surface area contributed by atoms with Crippen LogP contribution >= 0.6 is 0 Å². The van der Waals surface area contributed by atoms with Crippen LogP contribution in [0.1, 0.15) is 0 Å². The van der Waals surface area contributed by atoms with Crippen LogP contribution in [0, 0.1) is 0 Å². The molecule has 0 aliphatic rings. The highest BCUT2D eigenvalue weighted by molar-refractivity contribution is 5.88. The van der Waals surface area contributed by atoms with Gasteiger partial charge in [0.15, 0.2) is 5.65 Å². The first-order valence-electron chi connectivity index (χ1n) is 6.50. The van der Waals surface area contributed by atoms with Gasteiger partial charge in [-0.15, -0.1) is 0 Å². The molecule has 0 radical (unpaired) electrons. The van der Waals surface area contributed by atoms with Gasteiger partial charge in [-0.25, -0.2) is 14.6 Å². The zero-order valence-corrected chi connectivity index (χ0v) is 11.5. The molecule has 7 nitrogen and oxygen atoms in total. The van der Waals surface area contributed by atoms with E-state index in [9.17, 15) is 0 Å². The Morgan fingerprint density at radius 2 is 2.05 bits per heavy atom. The van der Waals surface area contributed by atoms with Gasteiger partial charge in [-0.1, -0.05) is 0 Å². The van der Waals surface area contributed by atoms with Gasteiger partial charge in [0.2, 0.25) is 0 Å². The number of anilines is 2. The Bertz CT molecular complexity index is 739. The second-order valence-corrected chi connectivity index (χ2v) is 4.40. The van der Waals surface area contributed by atoms with E-state index in [-0.39, 0.29) is 6.61 Å². The Morgan fingerprint density at radius 3 is 2.76 bits per heavy atom. The van der Waals surface area contributed by atoms with Gasteiger partial charge in [0.1, 0.15) is 17.9 Å². The fraction of sp³-hybridized carbons (Fsp3) is 0.214. The Hall–Kier alpha value is -2.67. The van der Waals surface area contributed by atoms with Gasteiger partial charge in [-0.2, -0.15) is 5.10 Å². The fourth-order valence-corrected chi connectivity index (χ4v) is 2.06. The summed E-state index contributed by atoms with van der Waals surface area (Å²) >= 11 is 0. The summed E-state index contributed by atoms with van der Waals surface area (Å²) in [6.45, 7) is 0.421. The van der Waals surface area contributed by atoms with Gasteiger partial charge in [-0.3, -0.25) is 0 Å². The van der Waals surface area contributed by atoms with Crippen LogP contribution in [0.2, 0.25) is 0 Å². The summed E-state index contributed by atoms with van der Waals surface area (Å²) in [6.07, 6.45) is 3.17. The van der Waals surface area contributed by atoms with Gasteiger partial charge in [-0.05, 0) is 24.3 Å². The molecule has 0 amide bonds. The van der Waals surface area contributed by atoms with Gasteiger partial charge < -0.3 is 15.2 Å². The molecular weight excluding hydrogens is 270 g/mol. The first-order chi connectivity index (χ1) is 10.3. The van der Waals surface area contributed by atoms with Crippen molar-refractivity contribution in [2.45, 2.75) is 6.54 Å². The molecule has 0 bridgehead atoms. The van der Waals surface area contributed by atoms with E-state index in [1.165, 1.54) is 6.33 Å². The number of hydrogen-bond donors (Lipinski definition) is 2. The Kier molecular flexibility index (Phi) is 3.65. The van der Waals surface area contributed by atoms with E-state index < -0.39 is 0 Å². The maximum Gasteiger partial charge on any atom is 0.163 e. The van der Waals surface area contributed by atoms with Crippen LogP contribution in [0.5, 0.6) is 5.75 Å². The van der Waals surface area contributed by atoms with Gasteiger partial charge in [0.05, 0.1) is 31.8 Å². The first kappa shape index (κ1) is 13.3. The van der Waals surface area contributed by atoms with Crippen molar-refractivity contribution < 1.29 is 9.84 Å². The average molecular weight is 285 g/mol. The van der Waals surface area contributed by atoms with E-state index in [1.54, 1.807) is 18.0 Å². The first-order valence-corrected chi connectivity index (χ1v) is 6.50. The lowest BCUT2D eigenvalue weighted by Crippen LogP contribution is -2.04. The van der Waals surface area contributed by atoms with Gasteiger partial charge in [0.25, 0.3) is 0 Å². The van der Waals surface area contributed by atoms with Crippen LogP contribution in [0.15, 0.2) is 36.8 Å². The molecule has 0 aliphatic heterocycles. The molecule has 0 unspecified atom stereocenters. The molecule has 1 aromatic carbocycles.